The fourth-order valence-electron chi connectivity index (χ4n) is 2.33. The molecule has 0 radical (unpaired) electrons. The van der Waals surface area contributed by atoms with Gasteiger partial charge in [-0.2, -0.15) is 4.31 Å². The van der Waals surface area contributed by atoms with Crippen LogP contribution >= 0.6 is 0 Å². The van der Waals surface area contributed by atoms with Gasteiger partial charge in [0, 0.05) is 26.2 Å². The molecule has 20 heavy (non-hydrogen) atoms. The molecule has 1 atom stereocenters. The summed E-state index contributed by atoms with van der Waals surface area (Å²) in [4.78, 5) is 0.324. The van der Waals surface area contributed by atoms with Crippen molar-refractivity contribution in [3.8, 4) is 0 Å². The molecule has 0 bridgehead atoms. The number of rotatable bonds is 7. The lowest BCUT2D eigenvalue weighted by molar-refractivity contribution is 0.142. The molecule has 114 valence electrons. The van der Waals surface area contributed by atoms with Crippen LogP contribution in [0, 0.1) is 6.92 Å². The predicted octanol–water partition coefficient (Wildman–Crippen LogP) is 1.50. The van der Waals surface area contributed by atoms with Crippen LogP contribution in [0.4, 0.5) is 0 Å². The Balaban J connectivity index is 3.28. The van der Waals surface area contributed by atoms with Crippen molar-refractivity contribution in [2.75, 3.05) is 20.3 Å². The van der Waals surface area contributed by atoms with E-state index in [0.29, 0.717) is 24.6 Å². The van der Waals surface area contributed by atoms with E-state index in [4.69, 9.17) is 10.5 Å². The van der Waals surface area contributed by atoms with Gasteiger partial charge in [0.2, 0.25) is 10.0 Å². The maximum atomic E-state index is 12.8. The highest BCUT2D eigenvalue weighted by molar-refractivity contribution is 7.89. The van der Waals surface area contributed by atoms with Crippen molar-refractivity contribution in [1.29, 1.82) is 0 Å². The first-order valence-corrected chi connectivity index (χ1v) is 8.13. The number of likely N-dealkylation sites (N-methyl/N-ethyl adjacent to an activating group) is 1. The Labute approximate surface area is 121 Å². The second-order valence-electron chi connectivity index (χ2n) is 4.76. The lowest BCUT2D eigenvalue weighted by Crippen LogP contribution is -2.41. The molecule has 1 unspecified atom stereocenters. The van der Waals surface area contributed by atoms with Gasteiger partial charge >= 0.3 is 0 Å². The van der Waals surface area contributed by atoms with Crippen molar-refractivity contribution < 1.29 is 13.2 Å². The van der Waals surface area contributed by atoms with Crippen LogP contribution < -0.4 is 5.73 Å². The first-order chi connectivity index (χ1) is 9.39. The average Bonchev–Trinajstić information content (AvgIpc) is 2.39. The van der Waals surface area contributed by atoms with Crippen LogP contribution in [-0.2, 0) is 21.3 Å². The fourth-order valence-corrected chi connectivity index (χ4v) is 4.23. The van der Waals surface area contributed by atoms with Gasteiger partial charge in [-0.15, -0.1) is 0 Å². The Morgan fingerprint density at radius 3 is 2.55 bits per heavy atom. The quantitative estimate of drug-likeness (QED) is 0.828. The van der Waals surface area contributed by atoms with Crippen LogP contribution in [0.2, 0.25) is 0 Å². The van der Waals surface area contributed by atoms with E-state index in [1.165, 1.54) is 4.31 Å². The second kappa shape index (κ2) is 7.17. The van der Waals surface area contributed by atoms with Gasteiger partial charge in [-0.05, 0) is 31.0 Å². The number of hydrogen-bond acceptors (Lipinski definition) is 4. The smallest absolute Gasteiger partial charge is 0.243 e. The molecule has 1 aromatic rings. The SMILES string of the molecule is CCN(C(C)COC)S(=O)(=O)c1cccc(CN)c1C. The molecule has 0 aliphatic heterocycles. The number of nitrogens with two attached hydrogens (primary N) is 1. The zero-order chi connectivity index (χ0) is 15.3. The molecule has 0 aliphatic carbocycles. The molecule has 2 N–H and O–H groups in total. The van der Waals surface area contributed by atoms with Crippen molar-refractivity contribution in [1.82, 2.24) is 4.31 Å². The number of ether oxygens (including phenoxy) is 1. The molecule has 0 saturated heterocycles. The van der Waals surface area contributed by atoms with Crippen molar-refractivity contribution >= 4 is 10.0 Å². The van der Waals surface area contributed by atoms with E-state index in [9.17, 15) is 8.42 Å². The van der Waals surface area contributed by atoms with Crippen LogP contribution in [0.5, 0.6) is 0 Å². The van der Waals surface area contributed by atoms with E-state index >= 15 is 0 Å². The van der Waals surface area contributed by atoms with E-state index in [2.05, 4.69) is 0 Å². The third-order valence-electron chi connectivity index (χ3n) is 3.41. The highest BCUT2D eigenvalue weighted by Crippen LogP contribution is 2.24. The molecule has 6 heteroatoms. The maximum Gasteiger partial charge on any atom is 0.243 e. The van der Waals surface area contributed by atoms with Crippen molar-refractivity contribution in [3.63, 3.8) is 0 Å². The van der Waals surface area contributed by atoms with Crippen molar-refractivity contribution in [3.05, 3.63) is 29.3 Å². The standard InChI is InChI=1S/C14H24N2O3S/c1-5-16(11(2)10-19-4)20(17,18)14-8-6-7-13(9-15)12(14)3/h6-8,11H,5,9-10,15H2,1-4H3. The summed E-state index contributed by atoms with van der Waals surface area (Å²) in [6.45, 7) is 6.55. The Hall–Kier alpha value is -0.950. The van der Waals surface area contributed by atoms with Crippen LogP contribution in [0.1, 0.15) is 25.0 Å². The number of sulfonamides is 1. The number of nitrogens with zero attached hydrogens (tertiary/aromatic N) is 1. The predicted molar refractivity (Wildman–Crippen MR) is 80.0 cm³/mol. The first-order valence-electron chi connectivity index (χ1n) is 6.69. The third-order valence-corrected chi connectivity index (χ3v) is 5.65. The zero-order valence-corrected chi connectivity index (χ0v) is 13.4. The molecular formula is C14H24N2O3S. The molecule has 1 rings (SSSR count). The van der Waals surface area contributed by atoms with Gasteiger partial charge in [0.1, 0.15) is 0 Å². The van der Waals surface area contributed by atoms with Gasteiger partial charge in [0.05, 0.1) is 11.5 Å². The molecule has 0 amide bonds. The van der Waals surface area contributed by atoms with E-state index in [0.717, 1.165) is 11.1 Å². The van der Waals surface area contributed by atoms with Gasteiger partial charge < -0.3 is 10.5 Å². The molecule has 0 fully saturated rings. The minimum Gasteiger partial charge on any atom is -0.383 e. The number of hydrogen-bond donors (Lipinski definition) is 1. The zero-order valence-electron chi connectivity index (χ0n) is 12.6. The third kappa shape index (κ3) is 3.38. The Bertz CT molecular complexity index is 543. The average molecular weight is 300 g/mol. The first kappa shape index (κ1) is 17.1. The van der Waals surface area contributed by atoms with Gasteiger partial charge in [-0.1, -0.05) is 19.1 Å². The van der Waals surface area contributed by atoms with Gasteiger partial charge in [-0.3, -0.25) is 0 Å². The minimum absolute atomic E-state index is 0.212. The molecular weight excluding hydrogens is 276 g/mol. The Morgan fingerprint density at radius 1 is 1.40 bits per heavy atom. The van der Waals surface area contributed by atoms with E-state index in [1.54, 1.807) is 26.2 Å². The van der Waals surface area contributed by atoms with E-state index < -0.39 is 10.0 Å². The van der Waals surface area contributed by atoms with E-state index in [-0.39, 0.29) is 6.04 Å². The summed E-state index contributed by atoms with van der Waals surface area (Å²) in [5, 5.41) is 0. The number of methoxy groups -OCH3 is 1. The molecule has 5 nitrogen and oxygen atoms in total. The fraction of sp³-hybridized carbons (Fsp3) is 0.571. The van der Waals surface area contributed by atoms with Gasteiger partial charge in [0.25, 0.3) is 0 Å². The summed E-state index contributed by atoms with van der Waals surface area (Å²) in [5.41, 5.74) is 7.22. The summed E-state index contributed by atoms with van der Waals surface area (Å²) in [7, 11) is -1.97. The monoisotopic (exact) mass is 300 g/mol. The van der Waals surface area contributed by atoms with Crippen LogP contribution in [0.25, 0.3) is 0 Å². The topological polar surface area (TPSA) is 72.6 Å². The molecule has 0 aromatic heterocycles. The minimum atomic E-state index is -3.54. The molecule has 0 heterocycles. The summed E-state index contributed by atoms with van der Waals surface area (Å²) >= 11 is 0. The van der Waals surface area contributed by atoms with Gasteiger partial charge in [0.15, 0.2) is 0 Å². The second-order valence-corrected chi connectivity index (χ2v) is 6.62. The summed E-state index contributed by atoms with van der Waals surface area (Å²) in [6.07, 6.45) is 0. The largest absolute Gasteiger partial charge is 0.383 e. The summed E-state index contributed by atoms with van der Waals surface area (Å²) in [5.74, 6) is 0. The highest BCUT2D eigenvalue weighted by atomic mass is 32.2. The van der Waals surface area contributed by atoms with Crippen molar-refractivity contribution in [2.24, 2.45) is 5.73 Å². The molecule has 0 spiro atoms. The van der Waals surface area contributed by atoms with Gasteiger partial charge in [-0.25, -0.2) is 8.42 Å². The maximum absolute atomic E-state index is 12.8. The van der Waals surface area contributed by atoms with Crippen LogP contribution in [0.15, 0.2) is 23.1 Å². The molecule has 1 aromatic carbocycles. The normalized spacial score (nSPS) is 13.7. The van der Waals surface area contributed by atoms with Crippen LogP contribution in [0.3, 0.4) is 0 Å². The Kier molecular flexibility index (Phi) is 6.13. The van der Waals surface area contributed by atoms with Crippen molar-refractivity contribution in [2.45, 2.75) is 38.3 Å². The summed E-state index contributed by atoms with van der Waals surface area (Å²) in [6, 6.07) is 5.00. The lowest BCUT2D eigenvalue weighted by Gasteiger charge is -2.27. The summed E-state index contributed by atoms with van der Waals surface area (Å²) < 4.78 is 32.1. The highest BCUT2D eigenvalue weighted by Gasteiger charge is 2.29. The molecule has 0 saturated carbocycles. The number of benzene rings is 1. The van der Waals surface area contributed by atoms with Crippen LogP contribution in [-0.4, -0.2) is 39.0 Å². The lowest BCUT2D eigenvalue weighted by atomic mass is 10.1. The Morgan fingerprint density at radius 2 is 2.05 bits per heavy atom. The molecule has 0 aliphatic rings. The van der Waals surface area contributed by atoms with E-state index in [1.807, 2.05) is 19.9 Å².